The maximum Gasteiger partial charge on any atom is -0.0326 e. The third-order valence-electron chi connectivity index (χ3n) is 4.19. The van der Waals surface area contributed by atoms with Crippen LogP contribution < -0.4 is 0 Å². The van der Waals surface area contributed by atoms with Gasteiger partial charge in [-0.15, -0.1) is 0 Å². The molecule has 0 aromatic rings. The Bertz CT molecular complexity index is 140. The van der Waals surface area contributed by atoms with Gasteiger partial charge in [0, 0.05) is 0 Å². The summed E-state index contributed by atoms with van der Waals surface area (Å²) < 4.78 is 0. The van der Waals surface area contributed by atoms with Gasteiger partial charge in [0.25, 0.3) is 0 Å². The first-order chi connectivity index (χ1) is 7.27. The Morgan fingerprint density at radius 1 is 0.800 bits per heavy atom. The van der Waals surface area contributed by atoms with Crippen LogP contribution in [0.1, 0.15) is 90.9 Å². The lowest BCUT2D eigenvalue weighted by Gasteiger charge is -2.28. The van der Waals surface area contributed by atoms with Crippen molar-refractivity contribution in [3.05, 3.63) is 0 Å². The molecule has 0 aliphatic heterocycles. The van der Waals surface area contributed by atoms with E-state index in [-0.39, 0.29) is 0 Å². The molecule has 0 aromatic carbocycles. The topological polar surface area (TPSA) is 0 Å². The molecule has 0 atom stereocenters. The third kappa shape index (κ3) is 5.58. The number of hydrogen-bond donors (Lipinski definition) is 0. The molecule has 90 valence electrons. The van der Waals surface area contributed by atoms with Crippen molar-refractivity contribution in [2.75, 3.05) is 0 Å². The molecule has 0 unspecified atom stereocenters. The summed E-state index contributed by atoms with van der Waals surface area (Å²) in [6.45, 7) is 4.84. The van der Waals surface area contributed by atoms with E-state index in [4.69, 9.17) is 0 Å². The molecule has 1 rings (SSSR count). The Morgan fingerprint density at radius 2 is 1.40 bits per heavy atom. The Labute approximate surface area is 96.8 Å². The molecule has 0 saturated heterocycles. The van der Waals surface area contributed by atoms with E-state index in [2.05, 4.69) is 13.8 Å². The minimum absolute atomic E-state index is 0.711. The molecule has 0 radical (unpaired) electrons. The van der Waals surface area contributed by atoms with Gasteiger partial charge in [-0.25, -0.2) is 0 Å². The SMILES string of the molecule is CCCCCCCC1(C)CCCCCC1. The normalized spacial score (nSPS) is 21.2. The van der Waals surface area contributed by atoms with Crippen LogP contribution in [0.3, 0.4) is 0 Å². The zero-order valence-corrected chi connectivity index (χ0v) is 11.0. The molecule has 1 fully saturated rings. The molecular formula is C15H30. The third-order valence-corrected chi connectivity index (χ3v) is 4.19. The summed E-state index contributed by atoms with van der Waals surface area (Å²) in [5.41, 5.74) is 0.711. The van der Waals surface area contributed by atoms with Crippen LogP contribution in [0, 0.1) is 5.41 Å². The first-order valence-electron chi connectivity index (χ1n) is 7.27. The maximum atomic E-state index is 2.54. The maximum absolute atomic E-state index is 2.54. The van der Waals surface area contributed by atoms with Crippen LogP contribution >= 0.6 is 0 Å². The summed E-state index contributed by atoms with van der Waals surface area (Å²) in [6.07, 6.45) is 17.7. The molecule has 0 heteroatoms. The van der Waals surface area contributed by atoms with Crippen molar-refractivity contribution in [2.45, 2.75) is 90.9 Å². The van der Waals surface area contributed by atoms with Crippen LogP contribution in [0.5, 0.6) is 0 Å². The van der Waals surface area contributed by atoms with Crippen molar-refractivity contribution in [2.24, 2.45) is 5.41 Å². The van der Waals surface area contributed by atoms with Crippen molar-refractivity contribution >= 4 is 0 Å². The Hall–Kier alpha value is 0. The van der Waals surface area contributed by atoms with Gasteiger partial charge in [0.2, 0.25) is 0 Å². The standard InChI is InChI=1S/C15H30/c1-3-4-5-6-9-12-15(2)13-10-7-8-11-14-15/h3-14H2,1-2H3. The summed E-state index contributed by atoms with van der Waals surface area (Å²) in [4.78, 5) is 0. The van der Waals surface area contributed by atoms with E-state index < -0.39 is 0 Å². The molecule has 15 heavy (non-hydrogen) atoms. The zero-order valence-electron chi connectivity index (χ0n) is 11.0. The highest BCUT2D eigenvalue weighted by Crippen LogP contribution is 2.38. The minimum Gasteiger partial charge on any atom is -0.0654 e. The van der Waals surface area contributed by atoms with Crippen molar-refractivity contribution < 1.29 is 0 Å². The fourth-order valence-corrected chi connectivity index (χ4v) is 2.99. The molecule has 0 heterocycles. The van der Waals surface area contributed by atoms with E-state index in [1.807, 2.05) is 0 Å². The predicted octanol–water partition coefficient (Wildman–Crippen LogP) is 5.71. The van der Waals surface area contributed by atoms with Crippen LogP contribution in [-0.4, -0.2) is 0 Å². The largest absolute Gasteiger partial charge is 0.0654 e. The van der Waals surface area contributed by atoms with Crippen molar-refractivity contribution in [3.8, 4) is 0 Å². The molecule has 1 aliphatic rings. The number of unbranched alkanes of at least 4 members (excludes halogenated alkanes) is 4. The minimum atomic E-state index is 0.711. The first kappa shape index (κ1) is 13.1. The van der Waals surface area contributed by atoms with Gasteiger partial charge in [-0.3, -0.25) is 0 Å². The summed E-state index contributed by atoms with van der Waals surface area (Å²) in [7, 11) is 0. The number of rotatable bonds is 6. The van der Waals surface area contributed by atoms with Gasteiger partial charge in [-0.2, -0.15) is 0 Å². The second-order valence-electron chi connectivity index (χ2n) is 5.89. The van der Waals surface area contributed by atoms with Crippen LogP contribution in [0.4, 0.5) is 0 Å². The summed E-state index contributed by atoms with van der Waals surface area (Å²) in [5.74, 6) is 0. The monoisotopic (exact) mass is 210 g/mol. The average Bonchev–Trinajstić information content (AvgIpc) is 2.43. The Balaban J connectivity index is 2.11. The molecule has 1 saturated carbocycles. The molecule has 0 amide bonds. The lowest BCUT2D eigenvalue weighted by atomic mass is 9.78. The van der Waals surface area contributed by atoms with Gasteiger partial charge in [-0.05, 0) is 24.7 Å². The quantitative estimate of drug-likeness (QED) is 0.389. The summed E-state index contributed by atoms with van der Waals surface area (Å²) >= 11 is 0. The van der Waals surface area contributed by atoms with Gasteiger partial charge >= 0.3 is 0 Å². The van der Waals surface area contributed by atoms with Crippen molar-refractivity contribution in [1.82, 2.24) is 0 Å². The lowest BCUT2D eigenvalue weighted by Crippen LogP contribution is -2.14. The summed E-state index contributed by atoms with van der Waals surface area (Å²) in [5, 5.41) is 0. The smallest absolute Gasteiger partial charge is 0.0326 e. The summed E-state index contributed by atoms with van der Waals surface area (Å²) in [6, 6.07) is 0. The van der Waals surface area contributed by atoms with E-state index in [1.165, 1.54) is 77.0 Å². The van der Waals surface area contributed by atoms with Gasteiger partial charge < -0.3 is 0 Å². The predicted molar refractivity (Wildman–Crippen MR) is 69.2 cm³/mol. The fraction of sp³-hybridized carbons (Fsp3) is 1.00. The second kappa shape index (κ2) is 7.30. The van der Waals surface area contributed by atoms with E-state index >= 15 is 0 Å². The van der Waals surface area contributed by atoms with Crippen molar-refractivity contribution in [3.63, 3.8) is 0 Å². The molecule has 0 bridgehead atoms. The van der Waals surface area contributed by atoms with Gasteiger partial charge in [0.15, 0.2) is 0 Å². The molecule has 1 aliphatic carbocycles. The molecular weight excluding hydrogens is 180 g/mol. The second-order valence-corrected chi connectivity index (χ2v) is 5.89. The van der Waals surface area contributed by atoms with Crippen LogP contribution in [0.15, 0.2) is 0 Å². The van der Waals surface area contributed by atoms with Crippen LogP contribution in [0.25, 0.3) is 0 Å². The molecule has 0 nitrogen and oxygen atoms in total. The Kier molecular flexibility index (Phi) is 6.36. The van der Waals surface area contributed by atoms with E-state index in [0.717, 1.165) is 0 Å². The highest BCUT2D eigenvalue weighted by atomic mass is 14.3. The lowest BCUT2D eigenvalue weighted by molar-refractivity contribution is 0.244. The average molecular weight is 210 g/mol. The van der Waals surface area contributed by atoms with E-state index in [1.54, 1.807) is 0 Å². The molecule has 0 spiro atoms. The van der Waals surface area contributed by atoms with E-state index in [0.29, 0.717) is 5.41 Å². The highest BCUT2D eigenvalue weighted by Gasteiger charge is 2.24. The van der Waals surface area contributed by atoms with Crippen molar-refractivity contribution in [1.29, 1.82) is 0 Å². The Morgan fingerprint density at radius 3 is 2.00 bits per heavy atom. The van der Waals surface area contributed by atoms with Crippen LogP contribution in [0.2, 0.25) is 0 Å². The molecule has 0 aromatic heterocycles. The fourth-order valence-electron chi connectivity index (χ4n) is 2.99. The molecule has 0 N–H and O–H groups in total. The van der Waals surface area contributed by atoms with Gasteiger partial charge in [0.05, 0.1) is 0 Å². The van der Waals surface area contributed by atoms with E-state index in [9.17, 15) is 0 Å². The van der Waals surface area contributed by atoms with Crippen LogP contribution in [-0.2, 0) is 0 Å². The zero-order chi connectivity index (χ0) is 11.0. The van der Waals surface area contributed by atoms with Gasteiger partial charge in [0.1, 0.15) is 0 Å². The van der Waals surface area contributed by atoms with Gasteiger partial charge in [-0.1, -0.05) is 71.6 Å². The highest BCUT2D eigenvalue weighted by molar-refractivity contribution is 4.76. The number of hydrogen-bond acceptors (Lipinski definition) is 0. The first-order valence-corrected chi connectivity index (χ1v) is 7.27.